The Balaban J connectivity index is 2.75. The second-order valence-electron chi connectivity index (χ2n) is 3.78. The van der Waals surface area contributed by atoms with Gasteiger partial charge < -0.3 is 9.64 Å². The van der Waals surface area contributed by atoms with Crippen LogP contribution in [0.3, 0.4) is 0 Å². The Bertz CT molecular complexity index is 613. The molecule has 0 saturated carbocycles. The molecule has 2 rings (SSSR count). The standard InChI is InChI=1S/C14H11N3O/c1-17-13-6-4-3-5-11(13)12(7-14(17)18-2)10(8-15)9-16/h3-7H,1-2H3. The Morgan fingerprint density at radius 2 is 1.89 bits per heavy atom. The number of hydrogen-bond donors (Lipinski definition) is 0. The fourth-order valence-electron chi connectivity index (χ4n) is 1.96. The topological polar surface area (TPSA) is 60.0 Å². The molecule has 0 bridgehead atoms. The molecular formula is C14H11N3O. The van der Waals surface area contributed by atoms with Gasteiger partial charge in [0.25, 0.3) is 0 Å². The first-order valence-corrected chi connectivity index (χ1v) is 5.36. The SMILES string of the molecule is COC1=CC(=C(C#N)C#N)c2ccccc2N1C. The van der Waals surface area contributed by atoms with Crippen molar-refractivity contribution in [2.24, 2.45) is 0 Å². The summed E-state index contributed by atoms with van der Waals surface area (Å²) >= 11 is 0. The van der Waals surface area contributed by atoms with E-state index in [-0.39, 0.29) is 5.57 Å². The summed E-state index contributed by atoms with van der Waals surface area (Å²) in [6.45, 7) is 0. The zero-order valence-corrected chi connectivity index (χ0v) is 10.1. The third kappa shape index (κ3) is 1.70. The molecule has 4 heteroatoms. The number of para-hydroxylation sites is 1. The number of rotatable bonds is 1. The first kappa shape index (κ1) is 11.8. The first-order chi connectivity index (χ1) is 8.72. The molecule has 0 spiro atoms. The highest BCUT2D eigenvalue weighted by atomic mass is 16.5. The average Bonchev–Trinajstić information content (AvgIpc) is 2.42. The van der Waals surface area contributed by atoms with Crippen LogP contribution in [0.1, 0.15) is 5.56 Å². The third-order valence-corrected chi connectivity index (χ3v) is 2.86. The number of nitrogens with zero attached hydrogens (tertiary/aromatic N) is 3. The molecule has 18 heavy (non-hydrogen) atoms. The van der Waals surface area contributed by atoms with E-state index >= 15 is 0 Å². The molecule has 88 valence electrons. The van der Waals surface area contributed by atoms with Crippen LogP contribution in [0.4, 0.5) is 5.69 Å². The van der Waals surface area contributed by atoms with Crippen molar-refractivity contribution in [2.75, 3.05) is 19.1 Å². The molecule has 0 aliphatic carbocycles. The van der Waals surface area contributed by atoms with Crippen molar-refractivity contribution >= 4 is 11.3 Å². The summed E-state index contributed by atoms with van der Waals surface area (Å²) in [6, 6.07) is 11.4. The van der Waals surface area contributed by atoms with Crippen LogP contribution < -0.4 is 4.90 Å². The Morgan fingerprint density at radius 1 is 1.22 bits per heavy atom. The van der Waals surface area contributed by atoms with Crippen molar-refractivity contribution < 1.29 is 4.74 Å². The number of hydrogen-bond acceptors (Lipinski definition) is 4. The fourth-order valence-corrected chi connectivity index (χ4v) is 1.96. The van der Waals surface area contributed by atoms with Gasteiger partial charge in [-0.05, 0) is 6.07 Å². The predicted molar refractivity (Wildman–Crippen MR) is 68.1 cm³/mol. The van der Waals surface area contributed by atoms with E-state index < -0.39 is 0 Å². The maximum atomic E-state index is 9.01. The normalized spacial score (nSPS) is 13.0. The monoisotopic (exact) mass is 237 g/mol. The number of ether oxygens (including phenoxy) is 1. The zero-order valence-electron chi connectivity index (χ0n) is 10.1. The molecule has 1 aromatic carbocycles. The van der Waals surface area contributed by atoms with Crippen LogP contribution in [0.15, 0.2) is 41.8 Å². The van der Waals surface area contributed by atoms with Crippen molar-refractivity contribution in [3.8, 4) is 12.1 Å². The quantitative estimate of drug-likeness (QED) is 0.704. The fraction of sp³-hybridized carbons (Fsp3) is 0.143. The minimum Gasteiger partial charge on any atom is -0.482 e. The molecule has 0 aromatic heterocycles. The van der Waals surface area contributed by atoms with Gasteiger partial charge in [0.1, 0.15) is 17.7 Å². The summed E-state index contributed by atoms with van der Waals surface area (Å²) in [5.41, 5.74) is 2.46. The van der Waals surface area contributed by atoms with Crippen molar-refractivity contribution in [1.29, 1.82) is 10.5 Å². The van der Waals surface area contributed by atoms with Crippen LogP contribution in [0, 0.1) is 22.7 Å². The molecule has 0 fully saturated rings. The Morgan fingerprint density at radius 3 is 2.50 bits per heavy atom. The maximum Gasteiger partial charge on any atom is 0.193 e. The highest BCUT2D eigenvalue weighted by Crippen LogP contribution is 2.36. The lowest BCUT2D eigenvalue weighted by Gasteiger charge is -2.28. The van der Waals surface area contributed by atoms with Crippen molar-refractivity contribution in [3.63, 3.8) is 0 Å². The molecule has 4 nitrogen and oxygen atoms in total. The predicted octanol–water partition coefficient (Wildman–Crippen LogP) is 2.42. The highest BCUT2D eigenvalue weighted by molar-refractivity contribution is 5.91. The van der Waals surface area contributed by atoms with E-state index in [2.05, 4.69) is 0 Å². The van der Waals surface area contributed by atoms with Crippen LogP contribution in [0.5, 0.6) is 0 Å². The Hall–Kier alpha value is -2.72. The summed E-state index contributed by atoms with van der Waals surface area (Å²) in [4.78, 5) is 1.88. The number of anilines is 1. The van der Waals surface area contributed by atoms with Crippen molar-refractivity contribution in [1.82, 2.24) is 0 Å². The number of methoxy groups -OCH3 is 1. The number of allylic oxidation sites excluding steroid dienone is 3. The number of benzene rings is 1. The van der Waals surface area contributed by atoms with Gasteiger partial charge in [-0.3, -0.25) is 0 Å². The Labute approximate surface area is 106 Å². The molecule has 1 aromatic rings. The molecule has 0 radical (unpaired) electrons. The number of nitriles is 2. The highest BCUT2D eigenvalue weighted by Gasteiger charge is 2.22. The van der Waals surface area contributed by atoms with Gasteiger partial charge in [-0.25, -0.2) is 0 Å². The van der Waals surface area contributed by atoms with E-state index in [1.807, 2.05) is 48.4 Å². The van der Waals surface area contributed by atoms with Gasteiger partial charge in [0, 0.05) is 24.3 Å². The number of fused-ring (bicyclic) bond motifs is 1. The second kappa shape index (κ2) is 4.65. The van der Waals surface area contributed by atoms with E-state index in [1.54, 1.807) is 13.2 Å². The molecule has 1 aliphatic heterocycles. The summed E-state index contributed by atoms with van der Waals surface area (Å²) < 4.78 is 5.26. The minimum atomic E-state index is 0.0881. The van der Waals surface area contributed by atoms with Gasteiger partial charge in [-0.2, -0.15) is 10.5 Å². The van der Waals surface area contributed by atoms with Gasteiger partial charge in [0.2, 0.25) is 0 Å². The first-order valence-electron chi connectivity index (χ1n) is 5.36. The zero-order chi connectivity index (χ0) is 13.1. The molecule has 0 amide bonds. The lowest BCUT2D eigenvalue weighted by atomic mass is 9.96. The van der Waals surface area contributed by atoms with Gasteiger partial charge in [-0.15, -0.1) is 0 Å². The van der Waals surface area contributed by atoms with E-state index in [4.69, 9.17) is 15.3 Å². The van der Waals surface area contributed by atoms with Gasteiger partial charge in [0.05, 0.1) is 12.8 Å². The van der Waals surface area contributed by atoms with Crippen LogP contribution in [0.25, 0.3) is 5.57 Å². The van der Waals surface area contributed by atoms with E-state index in [1.165, 1.54) is 0 Å². The molecule has 0 saturated heterocycles. The molecular weight excluding hydrogens is 226 g/mol. The maximum absolute atomic E-state index is 9.01. The van der Waals surface area contributed by atoms with E-state index in [0.717, 1.165) is 11.3 Å². The lowest BCUT2D eigenvalue weighted by Crippen LogP contribution is -2.22. The largest absolute Gasteiger partial charge is 0.482 e. The molecule has 0 N–H and O–H groups in total. The van der Waals surface area contributed by atoms with Gasteiger partial charge in [-0.1, -0.05) is 18.2 Å². The Kier molecular flexibility index (Phi) is 3.03. The minimum absolute atomic E-state index is 0.0881. The summed E-state index contributed by atoms with van der Waals surface area (Å²) in [6.07, 6.45) is 1.71. The van der Waals surface area contributed by atoms with Crippen LogP contribution in [-0.2, 0) is 4.74 Å². The van der Waals surface area contributed by atoms with E-state index in [9.17, 15) is 0 Å². The molecule has 1 aliphatic rings. The molecule has 0 atom stereocenters. The lowest BCUT2D eigenvalue weighted by molar-refractivity contribution is 0.282. The van der Waals surface area contributed by atoms with Crippen LogP contribution in [0.2, 0.25) is 0 Å². The molecule has 0 unspecified atom stereocenters. The van der Waals surface area contributed by atoms with Crippen LogP contribution >= 0.6 is 0 Å². The summed E-state index contributed by atoms with van der Waals surface area (Å²) in [5.74, 6) is 0.603. The third-order valence-electron chi connectivity index (χ3n) is 2.86. The van der Waals surface area contributed by atoms with Crippen molar-refractivity contribution in [3.05, 3.63) is 47.4 Å². The smallest absolute Gasteiger partial charge is 0.193 e. The molecule has 1 heterocycles. The van der Waals surface area contributed by atoms with Gasteiger partial charge in [0.15, 0.2) is 5.88 Å². The summed E-state index contributed by atoms with van der Waals surface area (Å²) in [7, 11) is 3.44. The average molecular weight is 237 g/mol. The van der Waals surface area contributed by atoms with Crippen molar-refractivity contribution in [2.45, 2.75) is 0 Å². The van der Waals surface area contributed by atoms with Crippen LogP contribution in [-0.4, -0.2) is 14.2 Å². The van der Waals surface area contributed by atoms with Gasteiger partial charge >= 0.3 is 0 Å². The van der Waals surface area contributed by atoms with E-state index in [0.29, 0.717) is 11.5 Å². The summed E-state index contributed by atoms with van der Waals surface area (Å²) in [5, 5.41) is 18.0. The second-order valence-corrected chi connectivity index (χ2v) is 3.78.